The van der Waals surface area contributed by atoms with Crippen molar-refractivity contribution in [1.29, 1.82) is 0 Å². The molecule has 0 radical (unpaired) electrons. The molecule has 0 aromatic rings. The van der Waals surface area contributed by atoms with E-state index in [1.807, 2.05) is 0 Å². The molecular formula is C20H32N2O3. The van der Waals surface area contributed by atoms with E-state index < -0.39 is 0 Å². The fourth-order valence-corrected chi connectivity index (χ4v) is 6.57. The van der Waals surface area contributed by atoms with Crippen LogP contribution in [0.15, 0.2) is 0 Å². The number of epoxide rings is 1. The van der Waals surface area contributed by atoms with Gasteiger partial charge in [0.05, 0.1) is 11.5 Å². The first-order valence-electron chi connectivity index (χ1n) is 10.3. The summed E-state index contributed by atoms with van der Waals surface area (Å²) in [5.74, 6) is 1.59. The lowest BCUT2D eigenvalue weighted by Crippen LogP contribution is -2.58. The van der Waals surface area contributed by atoms with Gasteiger partial charge in [-0.2, -0.15) is 0 Å². The smallest absolute Gasteiger partial charge is 0.311 e. The summed E-state index contributed by atoms with van der Waals surface area (Å²) in [4.78, 5) is 17.8. The van der Waals surface area contributed by atoms with Crippen molar-refractivity contribution in [3.05, 3.63) is 0 Å². The molecule has 7 atom stereocenters. The van der Waals surface area contributed by atoms with Crippen LogP contribution in [0.1, 0.15) is 39.5 Å². The number of likely N-dealkylation sites (N-methyl/N-ethyl adjacent to an activating group) is 1. The lowest BCUT2D eigenvalue weighted by molar-refractivity contribution is -0.168. The van der Waals surface area contributed by atoms with Gasteiger partial charge in [-0.1, -0.05) is 6.92 Å². The van der Waals surface area contributed by atoms with E-state index in [1.54, 1.807) is 0 Å². The lowest BCUT2D eigenvalue weighted by atomic mass is 9.55. The molecule has 2 aliphatic carbocycles. The number of piperazine rings is 1. The zero-order valence-electron chi connectivity index (χ0n) is 15.9. The van der Waals surface area contributed by atoms with Crippen LogP contribution < -0.4 is 0 Å². The van der Waals surface area contributed by atoms with Gasteiger partial charge in [0.25, 0.3) is 0 Å². The minimum absolute atomic E-state index is 0.0329. The highest BCUT2D eigenvalue weighted by Crippen LogP contribution is 2.66. The molecule has 0 bridgehead atoms. The van der Waals surface area contributed by atoms with Crippen LogP contribution in [0.2, 0.25) is 0 Å². The van der Waals surface area contributed by atoms with Crippen molar-refractivity contribution in [3.8, 4) is 0 Å². The minimum atomic E-state index is -0.320. The Morgan fingerprint density at radius 3 is 2.64 bits per heavy atom. The summed E-state index contributed by atoms with van der Waals surface area (Å²) in [6.07, 6.45) is 4.78. The Morgan fingerprint density at radius 2 is 1.88 bits per heavy atom. The van der Waals surface area contributed by atoms with E-state index in [1.165, 1.54) is 6.42 Å². The van der Waals surface area contributed by atoms with E-state index >= 15 is 0 Å². The van der Waals surface area contributed by atoms with Gasteiger partial charge >= 0.3 is 5.97 Å². The summed E-state index contributed by atoms with van der Waals surface area (Å²) in [5.41, 5.74) is -0.353. The minimum Gasteiger partial charge on any atom is -0.455 e. The van der Waals surface area contributed by atoms with Crippen molar-refractivity contribution in [2.24, 2.45) is 23.7 Å². The molecule has 5 nitrogen and oxygen atoms in total. The van der Waals surface area contributed by atoms with Gasteiger partial charge in [-0.3, -0.25) is 9.69 Å². The maximum Gasteiger partial charge on any atom is 0.311 e. The molecule has 5 heteroatoms. The fourth-order valence-electron chi connectivity index (χ4n) is 6.57. The van der Waals surface area contributed by atoms with Gasteiger partial charge in [0.2, 0.25) is 0 Å². The molecule has 3 saturated heterocycles. The maximum absolute atomic E-state index is 13.0. The molecule has 2 saturated carbocycles. The molecule has 5 rings (SSSR count). The van der Waals surface area contributed by atoms with E-state index in [0.29, 0.717) is 17.8 Å². The Morgan fingerprint density at radius 1 is 1.12 bits per heavy atom. The molecule has 140 valence electrons. The molecule has 0 amide bonds. The number of esters is 1. The van der Waals surface area contributed by atoms with Crippen LogP contribution in [0.4, 0.5) is 0 Å². The number of fused-ring (bicyclic) bond motifs is 1. The number of carbonyl (C=O) groups is 1. The van der Waals surface area contributed by atoms with E-state index in [4.69, 9.17) is 9.47 Å². The Bertz CT molecular complexity index is 575. The summed E-state index contributed by atoms with van der Waals surface area (Å²) in [5, 5.41) is 0. The predicted molar refractivity (Wildman–Crippen MR) is 94.1 cm³/mol. The molecule has 1 spiro atoms. The SMILES string of the molecule is C[C@@H]1CC[C@H]2[C@@H](CN3CCN(C)CC3)C(=O)O[C@]23[C@H]1CC[C@@]1(C)O[C@@H]31. The summed E-state index contributed by atoms with van der Waals surface area (Å²) in [7, 11) is 2.18. The highest BCUT2D eigenvalue weighted by molar-refractivity contribution is 5.77. The van der Waals surface area contributed by atoms with Crippen molar-refractivity contribution in [1.82, 2.24) is 9.80 Å². The Kier molecular flexibility index (Phi) is 3.59. The highest BCUT2D eigenvalue weighted by Gasteiger charge is 2.77. The van der Waals surface area contributed by atoms with Gasteiger partial charge in [-0.25, -0.2) is 0 Å². The van der Waals surface area contributed by atoms with Gasteiger partial charge in [0.15, 0.2) is 0 Å². The fraction of sp³-hybridized carbons (Fsp3) is 0.950. The van der Waals surface area contributed by atoms with Crippen LogP contribution in [0, 0.1) is 23.7 Å². The molecule has 0 N–H and O–H groups in total. The number of nitrogens with zero attached hydrogens (tertiary/aromatic N) is 2. The monoisotopic (exact) mass is 348 g/mol. The second kappa shape index (κ2) is 5.43. The number of hydrogen-bond acceptors (Lipinski definition) is 5. The molecule has 3 aliphatic heterocycles. The molecule has 5 aliphatic rings. The number of rotatable bonds is 2. The van der Waals surface area contributed by atoms with Crippen molar-refractivity contribution in [3.63, 3.8) is 0 Å². The predicted octanol–water partition coefficient (Wildman–Crippen LogP) is 1.76. The highest BCUT2D eigenvalue weighted by atomic mass is 16.7. The average Bonchev–Trinajstić information content (AvgIpc) is 3.20. The maximum atomic E-state index is 13.0. The zero-order valence-corrected chi connectivity index (χ0v) is 15.9. The van der Waals surface area contributed by atoms with E-state index in [0.717, 1.165) is 52.0 Å². The first-order chi connectivity index (χ1) is 11.9. The van der Waals surface area contributed by atoms with Crippen molar-refractivity contribution >= 4 is 5.97 Å². The largest absolute Gasteiger partial charge is 0.455 e. The molecule has 0 aromatic carbocycles. The van der Waals surface area contributed by atoms with E-state index in [-0.39, 0.29) is 29.2 Å². The number of carbonyl (C=O) groups excluding carboxylic acids is 1. The lowest BCUT2D eigenvalue weighted by Gasteiger charge is -2.50. The van der Waals surface area contributed by atoms with Crippen LogP contribution in [-0.2, 0) is 14.3 Å². The van der Waals surface area contributed by atoms with Gasteiger partial charge in [0.1, 0.15) is 11.7 Å². The van der Waals surface area contributed by atoms with Crippen LogP contribution >= 0.6 is 0 Å². The topological polar surface area (TPSA) is 45.3 Å². The van der Waals surface area contributed by atoms with Crippen molar-refractivity contribution in [2.45, 2.75) is 56.8 Å². The van der Waals surface area contributed by atoms with Gasteiger partial charge < -0.3 is 14.4 Å². The van der Waals surface area contributed by atoms with Crippen LogP contribution in [-0.4, -0.2) is 72.8 Å². The van der Waals surface area contributed by atoms with E-state index in [2.05, 4.69) is 30.7 Å². The first kappa shape index (κ1) is 16.5. The summed E-state index contributed by atoms with van der Waals surface area (Å²) < 4.78 is 12.5. The third kappa shape index (κ3) is 2.28. The van der Waals surface area contributed by atoms with Gasteiger partial charge in [-0.05, 0) is 45.6 Å². The quantitative estimate of drug-likeness (QED) is 0.562. The molecule has 5 fully saturated rings. The van der Waals surface area contributed by atoms with Gasteiger partial charge in [-0.15, -0.1) is 0 Å². The molecule has 3 heterocycles. The van der Waals surface area contributed by atoms with Crippen LogP contribution in [0.3, 0.4) is 0 Å². The summed E-state index contributed by atoms with van der Waals surface area (Å²) in [6.45, 7) is 9.79. The molecule has 0 aromatic heterocycles. The van der Waals surface area contributed by atoms with Gasteiger partial charge in [0, 0.05) is 44.6 Å². The second-order valence-electron chi connectivity index (χ2n) is 9.60. The second-order valence-corrected chi connectivity index (χ2v) is 9.60. The van der Waals surface area contributed by atoms with Crippen LogP contribution in [0.25, 0.3) is 0 Å². The zero-order chi connectivity index (χ0) is 17.4. The summed E-state index contributed by atoms with van der Waals surface area (Å²) in [6, 6.07) is 0. The molecular weight excluding hydrogens is 316 g/mol. The van der Waals surface area contributed by atoms with Crippen molar-refractivity contribution < 1.29 is 14.3 Å². The number of ether oxygens (including phenoxy) is 2. The number of hydrogen-bond donors (Lipinski definition) is 0. The molecule has 0 unspecified atom stereocenters. The summed E-state index contributed by atoms with van der Waals surface area (Å²) >= 11 is 0. The third-order valence-electron chi connectivity index (χ3n) is 8.14. The molecule has 25 heavy (non-hydrogen) atoms. The third-order valence-corrected chi connectivity index (χ3v) is 8.14. The Balaban J connectivity index is 1.41. The standard InChI is InChI=1S/C20H32N2O3/c1-13-4-5-16-14(12-22-10-8-21(3)9-11-22)17(23)24-20(16)15(13)6-7-19(2)18(20)25-19/h13-16,18H,4-12H2,1-3H3/t13-,14-,15+,16+,18-,19-,20-/m1/s1. The van der Waals surface area contributed by atoms with E-state index in [9.17, 15) is 4.79 Å². The Hall–Kier alpha value is -0.650. The van der Waals surface area contributed by atoms with Crippen molar-refractivity contribution in [2.75, 3.05) is 39.8 Å². The first-order valence-corrected chi connectivity index (χ1v) is 10.3. The average molecular weight is 348 g/mol. The Labute approximate surface area is 151 Å². The normalized spacial score (nSPS) is 52.9. The van der Waals surface area contributed by atoms with Crippen LogP contribution in [0.5, 0.6) is 0 Å².